The first-order valence-corrected chi connectivity index (χ1v) is 9.24. The highest BCUT2D eigenvalue weighted by Gasteiger charge is 2.10. The molecule has 27 heavy (non-hydrogen) atoms. The van der Waals surface area contributed by atoms with Gasteiger partial charge in [0.1, 0.15) is 11.6 Å². The third-order valence-corrected chi connectivity index (χ3v) is 4.08. The van der Waals surface area contributed by atoms with Gasteiger partial charge in [0.25, 0.3) is 0 Å². The summed E-state index contributed by atoms with van der Waals surface area (Å²) in [7, 11) is 0. The number of hydrogen-bond donors (Lipinski definition) is 2. The molecular formula is C21H25N5O. The van der Waals surface area contributed by atoms with E-state index in [1.54, 1.807) is 6.20 Å². The summed E-state index contributed by atoms with van der Waals surface area (Å²) in [6.07, 6.45) is 2.75. The van der Waals surface area contributed by atoms with E-state index in [1.165, 1.54) is 0 Å². The van der Waals surface area contributed by atoms with Crippen LogP contribution < -0.4 is 15.4 Å². The standard InChI is InChI=1S/C21H25N5O/c1-4-15(3)23-21-25-19(18-8-6-7-13-22-18)14-20(26-21)24-16-9-11-17(12-10-16)27-5-2/h6-15H,4-5H2,1-3H3,(H2,23,24,25,26)/t15-/m1/s1. The first-order valence-electron chi connectivity index (χ1n) is 9.24. The molecule has 0 saturated heterocycles. The molecule has 3 rings (SSSR count). The molecule has 2 heterocycles. The molecule has 1 aromatic carbocycles. The second-order valence-electron chi connectivity index (χ2n) is 6.21. The first-order chi connectivity index (χ1) is 13.2. The summed E-state index contributed by atoms with van der Waals surface area (Å²) >= 11 is 0. The quantitative estimate of drug-likeness (QED) is 0.594. The summed E-state index contributed by atoms with van der Waals surface area (Å²) < 4.78 is 5.49. The third kappa shape index (κ3) is 5.17. The SMILES string of the molecule is CCOc1ccc(Nc2cc(-c3ccccn3)nc(N[C@H](C)CC)n2)cc1. The average molecular weight is 363 g/mol. The van der Waals surface area contributed by atoms with Gasteiger partial charge < -0.3 is 15.4 Å². The lowest BCUT2D eigenvalue weighted by molar-refractivity contribution is 0.340. The molecule has 6 nitrogen and oxygen atoms in total. The monoisotopic (exact) mass is 363 g/mol. The number of benzene rings is 1. The van der Waals surface area contributed by atoms with Gasteiger partial charge in [-0.1, -0.05) is 13.0 Å². The lowest BCUT2D eigenvalue weighted by Gasteiger charge is -2.14. The van der Waals surface area contributed by atoms with Crippen molar-refractivity contribution in [3.8, 4) is 17.1 Å². The highest BCUT2D eigenvalue weighted by molar-refractivity contribution is 5.65. The predicted octanol–water partition coefficient (Wildman–Crippen LogP) is 4.89. The number of ether oxygens (including phenoxy) is 1. The van der Waals surface area contributed by atoms with Crippen molar-refractivity contribution in [1.29, 1.82) is 0 Å². The summed E-state index contributed by atoms with van der Waals surface area (Å²) in [5, 5.41) is 6.68. The molecule has 2 N–H and O–H groups in total. The zero-order chi connectivity index (χ0) is 19.1. The van der Waals surface area contributed by atoms with Crippen molar-refractivity contribution in [2.75, 3.05) is 17.2 Å². The molecule has 0 bridgehead atoms. The Balaban J connectivity index is 1.89. The molecule has 140 valence electrons. The van der Waals surface area contributed by atoms with Crippen LogP contribution in [-0.4, -0.2) is 27.6 Å². The highest BCUT2D eigenvalue weighted by atomic mass is 16.5. The molecule has 0 radical (unpaired) electrons. The van der Waals surface area contributed by atoms with Gasteiger partial charge in [-0.2, -0.15) is 4.98 Å². The van der Waals surface area contributed by atoms with Crippen molar-refractivity contribution in [3.05, 3.63) is 54.7 Å². The Labute approximate surface area is 160 Å². The van der Waals surface area contributed by atoms with Crippen LogP contribution in [0.2, 0.25) is 0 Å². The maximum absolute atomic E-state index is 5.49. The normalized spacial score (nSPS) is 11.7. The van der Waals surface area contributed by atoms with Crippen LogP contribution >= 0.6 is 0 Å². The van der Waals surface area contributed by atoms with Crippen LogP contribution in [-0.2, 0) is 0 Å². The van der Waals surface area contributed by atoms with Crippen molar-refractivity contribution in [1.82, 2.24) is 15.0 Å². The molecular weight excluding hydrogens is 338 g/mol. The minimum Gasteiger partial charge on any atom is -0.494 e. The van der Waals surface area contributed by atoms with E-state index in [0.717, 1.165) is 29.2 Å². The molecule has 0 saturated carbocycles. The van der Waals surface area contributed by atoms with Crippen molar-refractivity contribution in [2.45, 2.75) is 33.2 Å². The number of hydrogen-bond acceptors (Lipinski definition) is 6. The Morgan fingerprint density at radius 3 is 2.48 bits per heavy atom. The van der Waals surface area contributed by atoms with Gasteiger partial charge >= 0.3 is 0 Å². The molecule has 0 aliphatic carbocycles. The molecule has 0 amide bonds. The Kier molecular flexibility index (Phi) is 6.20. The van der Waals surface area contributed by atoms with E-state index in [2.05, 4.69) is 39.4 Å². The van der Waals surface area contributed by atoms with E-state index in [9.17, 15) is 0 Å². The van der Waals surface area contributed by atoms with E-state index in [0.29, 0.717) is 18.4 Å². The number of nitrogens with zero attached hydrogens (tertiary/aromatic N) is 3. The van der Waals surface area contributed by atoms with Crippen LogP contribution in [0.5, 0.6) is 5.75 Å². The van der Waals surface area contributed by atoms with Crippen molar-refractivity contribution >= 4 is 17.5 Å². The minimum absolute atomic E-state index is 0.280. The van der Waals surface area contributed by atoms with Gasteiger partial charge in [-0.15, -0.1) is 0 Å². The molecule has 1 atom stereocenters. The summed E-state index contributed by atoms with van der Waals surface area (Å²) in [5.41, 5.74) is 2.50. The molecule has 0 unspecified atom stereocenters. The van der Waals surface area contributed by atoms with Crippen LogP contribution in [0.1, 0.15) is 27.2 Å². The molecule has 6 heteroatoms. The Morgan fingerprint density at radius 2 is 1.81 bits per heavy atom. The fraction of sp³-hybridized carbons (Fsp3) is 0.286. The lowest BCUT2D eigenvalue weighted by Crippen LogP contribution is -2.16. The predicted molar refractivity (Wildman–Crippen MR) is 110 cm³/mol. The smallest absolute Gasteiger partial charge is 0.225 e. The zero-order valence-corrected chi connectivity index (χ0v) is 15.9. The summed E-state index contributed by atoms with van der Waals surface area (Å²) in [6, 6.07) is 15.8. The maximum Gasteiger partial charge on any atom is 0.225 e. The van der Waals surface area contributed by atoms with Gasteiger partial charge in [0.05, 0.1) is 18.0 Å². The summed E-state index contributed by atoms with van der Waals surface area (Å²) in [6.45, 7) is 6.85. The average Bonchev–Trinajstić information content (AvgIpc) is 2.70. The van der Waals surface area contributed by atoms with Crippen molar-refractivity contribution in [2.24, 2.45) is 0 Å². The molecule has 0 spiro atoms. The fourth-order valence-corrected chi connectivity index (χ4v) is 2.49. The van der Waals surface area contributed by atoms with Crippen LogP contribution in [0.4, 0.5) is 17.5 Å². The first kappa shape index (κ1) is 18.6. The number of anilines is 3. The maximum atomic E-state index is 5.49. The van der Waals surface area contributed by atoms with E-state index < -0.39 is 0 Å². The topological polar surface area (TPSA) is 72.0 Å². The fourth-order valence-electron chi connectivity index (χ4n) is 2.49. The van der Waals surface area contributed by atoms with Crippen molar-refractivity contribution in [3.63, 3.8) is 0 Å². The van der Waals surface area contributed by atoms with Gasteiger partial charge in [-0.05, 0) is 56.7 Å². The van der Waals surface area contributed by atoms with Gasteiger partial charge in [0.2, 0.25) is 5.95 Å². The van der Waals surface area contributed by atoms with E-state index in [4.69, 9.17) is 4.74 Å². The molecule has 0 aliphatic heterocycles. The molecule has 0 fully saturated rings. The van der Waals surface area contributed by atoms with Crippen LogP contribution in [0.3, 0.4) is 0 Å². The number of nitrogens with one attached hydrogen (secondary N) is 2. The molecule has 2 aromatic heterocycles. The van der Waals surface area contributed by atoms with E-state index >= 15 is 0 Å². The summed E-state index contributed by atoms with van der Waals surface area (Å²) in [5.74, 6) is 2.14. The lowest BCUT2D eigenvalue weighted by atomic mass is 10.2. The van der Waals surface area contributed by atoms with Crippen LogP contribution in [0, 0.1) is 0 Å². The second-order valence-corrected chi connectivity index (χ2v) is 6.21. The molecule has 0 aliphatic rings. The number of rotatable bonds is 8. The third-order valence-electron chi connectivity index (χ3n) is 4.08. The van der Waals surface area contributed by atoms with Crippen LogP contribution in [0.25, 0.3) is 11.4 Å². The largest absolute Gasteiger partial charge is 0.494 e. The van der Waals surface area contributed by atoms with Crippen molar-refractivity contribution < 1.29 is 4.74 Å². The Morgan fingerprint density at radius 1 is 1.00 bits per heavy atom. The van der Waals surface area contributed by atoms with Gasteiger partial charge in [0.15, 0.2) is 0 Å². The van der Waals surface area contributed by atoms with Gasteiger partial charge in [-0.3, -0.25) is 4.98 Å². The number of pyridine rings is 1. The van der Waals surface area contributed by atoms with Gasteiger partial charge in [-0.25, -0.2) is 4.98 Å². The Bertz CT molecular complexity index is 852. The highest BCUT2D eigenvalue weighted by Crippen LogP contribution is 2.24. The minimum atomic E-state index is 0.280. The van der Waals surface area contributed by atoms with Gasteiger partial charge in [0, 0.05) is 24.0 Å². The zero-order valence-electron chi connectivity index (χ0n) is 15.9. The van der Waals surface area contributed by atoms with E-state index in [-0.39, 0.29) is 6.04 Å². The van der Waals surface area contributed by atoms with Crippen LogP contribution in [0.15, 0.2) is 54.7 Å². The second kappa shape index (κ2) is 8.98. The summed E-state index contributed by atoms with van der Waals surface area (Å²) in [4.78, 5) is 13.6. The van der Waals surface area contributed by atoms with E-state index in [1.807, 2.05) is 55.5 Å². The molecule has 3 aromatic rings. The Hall–Kier alpha value is -3.15. The number of aromatic nitrogens is 3.